The van der Waals surface area contributed by atoms with Gasteiger partial charge in [-0.3, -0.25) is 4.72 Å². The lowest BCUT2D eigenvalue weighted by molar-refractivity contribution is -0.137. The normalized spacial score (nSPS) is 12.3. The summed E-state index contributed by atoms with van der Waals surface area (Å²) in [5.74, 6) is 0. The van der Waals surface area contributed by atoms with Crippen molar-refractivity contribution in [1.82, 2.24) is 0 Å². The maximum Gasteiger partial charge on any atom is 0.488 e. The fourth-order valence-electron chi connectivity index (χ4n) is 1.24. The third kappa shape index (κ3) is 4.20. The zero-order chi connectivity index (χ0) is 14.1. The van der Waals surface area contributed by atoms with E-state index in [9.17, 15) is 21.6 Å². The van der Waals surface area contributed by atoms with Crippen LogP contribution in [0.5, 0.6) is 0 Å². The highest BCUT2D eigenvalue weighted by Crippen LogP contribution is 2.30. The zero-order valence-electron chi connectivity index (χ0n) is 9.06. The van der Waals surface area contributed by atoms with Crippen molar-refractivity contribution in [3.05, 3.63) is 23.8 Å². The van der Waals surface area contributed by atoms with Crippen LogP contribution >= 0.6 is 0 Å². The van der Waals surface area contributed by atoms with Crippen LogP contribution in [-0.4, -0.2) is 31.8 Å². The van der Waals surface area contributed by atoms with E-state index in [1.165, 1.54) is 0 Å². The van der Waals surface area contributed by atoms with Crippen molar-refractivity contribution >= 4 is 28.3 Å². The van der Waals surface area contributed by atoms with Gasteiger partial charge in [0.25, 0.3) is 0 Å². The molecule has 100 valence electrons. The summed E-state index contributed by atoms with van der Waals surface area (Å²) in [7, 11) is -5.89. The first-order chi connectivity index (χ1) is 7.99. The molecule has 0 aliphatic heterocycles. The number of benzene rings is 1. The summed E-state index contributed by atoms with van der Waals surface area (Å²) in [6, 6.07) is 1.99. The van der Waals surface area contributed by atoms with Crippen LogP contribution in [-0.2, 0) is 16.2 Å². The summed E-state index contributed by atoms with van der Waals surface area (Å²) in [6.45, 7) is 0. The Bertz CT molecular complexity index is 544. The molecule has 0 aromatic heterocycles. The van der Waals surface area contributed by atoms with E-state index in [1.54, 1.807) is 0 Å². The van der Waals surface area contributed by atoms with Crippen LogP contribution in [0.3, 0.4) is 0 Å². The highest BCUT2D eigenvalue weighted by Gasteiger charge is 2.32. The van der Waals surface area contributed by atoms with Crippen LogP contribution in [0.2, 0.25) is 0 Å². The first kappa shape index (κ1) is 14.8. The molecule has 0 saturated heterocycles. The molecule has 0 aliphatic rings. The van der Waals surface area contributed by atoms with E-state index in [2.05, 4.69) is 0 Å². The average molecular weight is 283 g/mol. The van der Waals surface area contributed by atoms with Crippen LogP contribution in [0.4, 0.5) is 18.9 Å². The van der Waals surface area contributed by atoms with Gasteiger partial charge in [-0.25, -0.2) is 8.42 Å². The third-order valence-electron chi connectivity index (χ3n) is 1.88. The Kier molecular flexibility index (Phi) is 3.94. The van der Waals surface area contributed by atoms with Crippen molar-refractivity contribution in [3.8, 4) is 0 Å². The SMILES string of the molecule is CS(=O)(=O)Nc1cc(B(O)O)cc(C(F)(F)F)c1. The van der Waals surface area contributed by atoms with Gasteiger partial charge in [0.2, 0.25) is 10.0 Å². The molecule has 18 heavy (non-hydrogen) atoms. The molecule has 0 fully saturated rings. The zero-order valence-corrected chi connectivity index (χ0v) is 9.88. The Balaban J connectivity index is 3.31. The summed E-state index contributed by atoms with van der Waals surface area (Å²) in [6.07, 6.45) is -3.96. The summed E-state index contributed by atoms with van der Waals surface area (Å²) in [4.78, 5) is 0. The number of hydrogen-bond acceptors (Lipinski definition) is 4. The summed E-state index contributed by atoms with van der Waals surface area (Å²) in [5, 5.41) is 17.7. The number of halogens is 3. The van der Waals surface area contributed by atoms with Crippen molar-refractivity contribution in [2.45, 2.75) is 6.18 Å². The van der Waals surface area contributed by atoms with Gasteiger partial charge in [0.1, 0.15) is 0 Å². The van der Waals surface area contributed by atoms with Gasteiger partial charge < -0.3 is 10.0 Å². The molecule has 1 aromatic rings. The Morgan fingerprint density at radius 2 is 1.78 bits per heavy atom. The summed E-state index contributed by atoms with van der Waals surface area (Å²) >= 11 is 0. The molecule has 0 atom stereocenters. The van der Waals surface area contributed by atoms with Crippen LogP contribution in [0.15, 0.2) is 18.2 Å². The second kappa shape index (κ2) is 4.79. The quantitative estimate of drug-likeness (QED) is 0.668. The first-order valence-electron chi connectivity index (χ1n) is 4.55. The average Bonchev–Trinajstić information content (AvgIpc) is 2.12. The fourth-order valence-corrected chi connectivity index (χ4v) is 1.78. The van der Waals surface area contributed by atoms with Gasteiger partial charge in [-0.05, 0) is 17.6 Å². The molecular formula is C8H9BF3NO4S. The van der Waals surface area contributed by atoms with Crippen molar-refractivity contribution in [2.24, 2.45) is 0 Å². The molecule has 1 aromatic carbocycles. The second-order valence-electron chi connectivity index (χ2n) is 3.59. The molecule has 0 saturated carbocycles. The molecule has 0 amide bonds. The predicted molar refractivity (Wildman–Crippen MR) is 59.7 cm³/mol. The van der Waals surface area contributed by atoms with Crippen molar-refractivity contribution in [1.29, 1.82) is 0 Å². The van der Waals surface area contributed by atoms with E-state index in [-0.39, 0.29) is 0 Å². The molecule has 0 unspecified atom stereocenters. The summed E-state index contributed by atoms with van der Waals surface area (Å²) in [5.41, 5.74) is -2.04. The Hall–Kier alpha value is -1.26. The molecular weight excluding hydrogens is 274 g/mol. The van der Waals surface area contributed by atoms with Crippen LogP contribution < -0.4 is 10.2 Å². The molecule has 10 heteroatoms. The highest BCUT2D eigenvalue weighted by molar-refractivity contribution is 7.92. The molecule has 0 radical (unpaired) electrons. The van der Waals surface area contributed by atoms with Gasteiger partial charge in [-0.2, -0.15) is 13.2 Å². The van der Waals surface area contributed by atoms with E-state index < -0.39 is 40.0 Å². The number of alkyl halides is 3. The Morgan fingerprint density at radius 3 is 2.17 bits per heavy atom. The monoisotopic (exact) mass is 283 g/mol. The van der Waals surface area contributed by atoms with Gasteiger partial charge in [-0.1, -0.05) is 6.07 Å². The Labute approximate surface area is 101 Å². The molecule has 0 bridgehead atoms. The topological polar surface area (TPSA) is 86.6 Å². The van der Waals surface area contributed by atoms with Gasteiger partial charge >= 0.3 is 13.3 Å². The van der Waals surface area contributed by atoms with Gasteiger partial charge in [0.15, 0.2) is 0 Å². The summed E-state index contributed by atoms with van der Waals surface area (Å²) < 4.78 is 61.2. The molecule has 0 aliphatic carbocycles. The molecule has 0 heterocycles. The molecule has 0 spiro atoms. The standard InChI is InChI=1S/C8H9BF3NO4S/c1-18(16,17)13-7-3-5(8(10,11)12)2-6(4-7)9(14)15/h2-4,13-15H,1H3. The van der Waals surface area contributed by atoms with E-state index >= 15 is 0 Å². The predicted octanol–water partition coefficient (Wildman–Crippen LogP) is -0.243. The number of anilines is 1. The number of hydrogen-bond donors (Lipinski definition) is 3. The minimum absolute atomic E-state index is 0.393. The van der Waals surface area contributed by atoms with E-state index in [0.717, 1.165) is 12.3 Å². The maximum atomic E-state index is 12.5. The first-order valence-corrected chi connectivity index (χ1v) is 6.44. The lowest BCUT2D eigenvalue weighted by atomic mass is 9.79. The molecule has 5 nitrogen and oxygen atoms in total. The van der Waals surface area contributed by atoms with Crippen molar-refractivity contribution < 1.29 is 31.6 Å². The van der Waals surface area contributed by atoms with Crippen LogP contribution in [0.25, 0.3) is 0 Å². The van der Waals surface area contributed by atoms with E-state index in [1.807, 2.05) is 4.72 Å². The lowest BCUT2D eigenvalue weighted by Crippen LogP contribution is -2.31. The largest absolute Gasteiger partial charge is 0.488 e. The maximum absolute atomic E-state index is 12.5. The van der Waals surface area contributed by atoms with Gasteiger partial charge in [0.05, 0.1) is 11.8 Å². The number of sulfonamides is 1. The third-order valence-corrected chi connectivity index (χ3v) is 2.49. The number of rotatable bonds is 3. The van der Waals surface area contributed by atoms with Crippen LogP contribution in [0.1, 0.15) is 5.56 Å². The Morgan fingerprint density at radius 1 is 1.22 bits per heavy atom. The van der Waals surface area contributed by atoms with E-state index in [4.69, 9.17) is 10.0 Å². The minimum Gasteiger partial charge on any atom is -0.423 e. The fraction of sp³-hybridized carbons (Fsp3) is 0.250. The minimum atomic E-state index is -4.72. The second-order valence-corrected chi connectivity index (χ2v) is 5.34. The van der Waals surface area contributed by atoms with Crippen LogP contribution in [0, 0.1) is 0 Å². The highest BCUT2D eigenvalue weighted by atomic mass is 32.2. The van der Waals surface area contributed by atoms with Crippen molar-refractivity contribution in [3.63, 3.8) is 0 Å². The van der Waals surface area contributed by atoms with Gasteiger partial charge in [0, 0.05) is 5.69 Å². The molecule has 1 rings (SSSR count). The smallest absolute Gasteiger partial charge is 0.423 e. The van der Waals surface area contributed by atoms with Gasteiger partial charge in [-0.15, -0.1) is 0 Å². The lowest BCUT2D eigenvalue weighted by Gasteiger charge is -2.12. The molecule has 3 N–H and O–H groups in total. The van der Waals surface area contributed by atoms with E-state index in [0.29, 0.717) is 12.1 Å². The van der Waals surface area contributed by atoms with Crippen molar-refractivity contribution in [2.75, 3.05) is 11.0 Å². The number of nitrogens with one attached hydrogen (secondary N) is 1.